The summed E-state index contributed by atoms with van der Waals surface area (Å²) in [6.45, 7) is 1.82. The number of aryl methyl sites for hydroxylation is 1. The van der Waals surface area contributed by atoms with Crippen molar-refractivity contribution in [3.8, 4) is 0 Å². The summed E-state index contributed by atoms with van der Waals surface area (Å²) in [7, 11) is 0. The molecule has 0 saturated heterocycles. The third-order valence-electron chi connectivity index (χ3n) is 3.78. The van der Waals surface area contributed by atoms with Gasteiger partial charge in [0, 0.05) is 16.9 Å². The lowest BCUT2D eigenvalue weighted by Gasteiger charge is -2.23. The van der Waals surface area contributed by atoms with Crippen molar-refractivity contribution in [3.63, 3.8) is 0 Å². The zero-order valence-electron chi connectivity index (χ0n) is 13.5. The number of fused-ring (bicyclic) bond motifs is 1. The molecule has 7 heteroatoms. The van der Waals surface area contributed by atoms with Gasteiger partial charge >= 0.3 is 0 Å². The molecule has 3 rings (SSSR count). The SMILES string of the molecule is Cc1ccccc1C(=O)NNC(=O)C[C@@H]1Sc2ccccc2NC1=O. The first-order chi connectivity index (χ1) is 12.0. The number of thioether (sulfide) groups is 1. The second kappa shape index (κ2) is 7.40. The summed E-state index contributed by atoms with van der Waals surface area (Å²) < 4.78 is 0. The van der Waals surface area contributed by atoms with E-state index in [0.717, 1.165) is 16.1 Å². The average molecular weight is 355 g/mol. The van der Waals surface area contributed by atoms with Crippen molar-refractivity contribution in [2.45, 2.75) is 23.5 Å². The van der Waals surface area contributed by atoms with E-state index in [4.69, 9.17) is 0 Å². The molecule has 2 aromatic carbocycles. The van der Waals surface area contributed by atoms with Crippen LogP contribution in [0.5, 0.6) is 0 Å². The predicted molar refractivity (Wildman–Crippen MR) is 96.1 cm³/mol. The van der Waals surface area contributed by atoms with Crippen LogP contribution in [0.3, 0.4) is 0 Å². The van der Waals surface area contributed by atoms with E-state index in [1.54, 1.807) is 12.1 Å². The Kier molecular flexibility index (Phi) is 5.04. The number of amides is 3. The number of anilines is 1. The molecular formula is C18H17N3O3S. The van der Waals surface area contributed by atoms with Gasteiger partial charge in [0.2, 0.25) is 11.8 Å². The summed E-state index contributed by atoms with van der Waals surface area (Å²) in [5.74, 6) is -1.03. The Bertz CT molecular complexity index is 838. The lowest BCUT2D eigenvalue weighted by Crippen LogP contribution is -2.44. The molecule has 0 fully saturated rings. The van der Waals surface area contributed by atoms with Gasteiger partial charge in [0.1, 0.15) is 0 Å². The van der Waals surface area contributed by atoms with Crippen LogP contribution < -0.4 is 16.2 Å². The molecular weight excluding hydrogens is 338 g/mol. The summed E-state index contributed by atoms with van der Waals surface area (Å²) in [6.07, 6.45) is -0.0289. The zero-order chi connectivity index (χ0) is 17.8. The van der Waals surface area contributed by atoms with Crippen molar-refractivity contribution in [2.75, 3.05) is 5.32 Å². The molecule has 3 amide bonds. The third-order valence-corrected chi connectivity index (χ3v) is 5.06. The van der Waals surface area contributed by atoms with Gasteiger partial charge in [0.25, 0.3) is 5.91 Å². The average Bonchev–Trinajstić information content (AvgIpc) is 2.61. The molecule has 0 saturated carbocycles. The van der Waals surface area contributed by atoms with Crippen LogP contribution in [0.2, 0.25) is 0 Å². The molecule has 0 aromatic heterocycles. The van der Waals surface area contributed by atoms with Crippen LogP contribution in [0.15, 0.2) is 53.4 Å². The van der Waals surface area contributed by atoms with Crippen molar-refractivity contribution in [2.24, 2.45) is 0 Å². The molecule has 25 heavy (non-hydrogen) atoms. The monoisotopic (exact) mass is 355 g/mol. The molecule has 0 bridgehead atoms. The summed E-state index contributed by atoms with van der Waals surface area (Å²) >= 11 is 1.34. The molecule has 1 atom stereocenters. The first-order valence-electron chi connectivity index (χ1n) is 7.76. The predicted octanol–water partition coefficient (Wildman–Crippen LogP) is 2.26. The maximum Gasteiger partial charge on any atom is 0.269 e. The highest BCUT2D eigenvalue weighted by molar-refractivity contribution is 8.01. The van der Waals surface area contributed by atoms with Crippen molar-refractivity contribution >= 4 is 35.2 Å². The van der Waals surface area contributed by atoms with E-state index in [2.05, 4.69) is 16.2 Å². The summed E-state index contributed by atoms with van der Waals surface area (Å²) in [6, 6.07) is 14.5. The van der Waals surface area contributed by atoms with Crippen molar-refractivity contribution in [1.29, 1.82) is 0 Å². The summed E-state index contributed by atoms with van der Waals surface area (Å²) in [5, 5.41) is 2.25. The molecule has 6 nitrogen and oxygen atoms in total. The molecule has 0 unspecified atom stereocenters. The molecule has 128 valence electrons. The smallest absolute Gasteiger partial charge is 0.269 e. The largest absolute Gasteiger partial charge is 0.324 e. The quantitative estimate of drug-likeness (QED) is 0.737. The van der Waals surface area contributed by atoms with Crippen LogP contribution in [0.4, 0.5) is 5.69 Å². The zero-order valence-corrected chi connectivity index (χ0v) is 14.4. The maximum atomic E-state index is 12.1. The Labute approximate surface area is 149 Å². The Balaban J connectivity index is 1.56. The summed E-state index contributed by atoms with van der Waals surface area (Å²) in [4.78, 5) is 37.2. The Morgan fingerprint density at radius 2 is 1.80 bits per heavy atom. The van der Waals surface area contributed by atoms with Crippen LogP contribution in [0.25, 0.3) is 0 Å². The standard InChI is InChI=1S/C18H17N3O3S/c1-11-6-2-3-7-12(11)17(23)21-20-16(22)10-15-18(24)19-13-8-4-5-9-14(13)25-15/h2-9,15H,10H2,1H3,(H,19,24)(H,20,22)(H,21,23)/t15-/m0/s1. The molecule has 0 aliphatic carbocycles. The van der Waals surface area contributed by atoms with E-state index in [9.17, 15) is 14.4 Å². The number of carbonyl (C=O) groups is 3. The minimum absolute atomic E-state index is 0.0289. The second-order valence-corrected chi connectivity index (χ2v) is 6.86. The first-order valence-corrected chi connectivity index (χ1v) is 8.64. The lowest BCUT2D eigenvalue weighted by atomic mass is 10.1. The van der Waals surface area contributed by atoms with Gasteiger partial charge in [-0.15, -0.1) is 11.8 Å². The van der Waals surface area contributed by atoms with Gasteiger partial charge in [-0.25, -0.2) is 0 Å². The summed E-state index contributed by atoms with van der Waals surface area (Å²) in [5.41, 5.74) is 6.80. The molecule has 3 N–H and O–H groups in total. The van der Waals surface area contributed by atoms with Crippen molar-refractivity contribution in [1.82, 2.24) is 10.9 Å². The number of rotatable bonds is 3. The highest BCUT2D eigenvalue weighted by atomic mass is 32.2. The number of nitrogens with one attached hydrogen (secondary N) is 3. The van der Waals surface area contributed by atoms with Gasteiger partial charge in [-0.05, 0) is 30.7 Å². The van der Waals surface area contributed by atoms with E-state index in [1.165, 1.54) is 11.8 Å². The van der Waals surface area contributed by atoms with Crippen LogP contribution in [-0.4, -0.2) is 23.0 Å². The van der Waals surface area contributed by atoms with Gasteiger partial charge in [0.15, 0.2) is 0 Å². The van der Waals surface area contributed by atoms with Crippen molar-refractivity contribution < 1.29 is 14.4 Å². The van der Waals surface area contributed by atoms with Gasteiger partial charge in [-0.2, -0.15) is 0 Å². The topological polar surface area (TPSA) is 87.3 Å². The van der Waals surface area contributed by atoms with E-state index in [-0.39, 0.29) is 12.3 Å². The van der Waals surface area contributed by atoms with Crippen LogP contribution in [0, 0.1) is 6.92 Å². The molecule has 0 spiro atoms. The fourth-order valence-corrected chi connectivity index (χ4v) is 3.58. The Hall–Kier alpha value is -2.80. The van der Waals surface area contributed by atoms with Gasteiger partial charge in [0.05, 0.1) is 10.9 Å². The number of carbonyl (C=O) groups excluding carboxylic acids is 3. The van der Waals surface area contributed by atoms with E-state index >= 15 is 0 Å². The van der Waals surface area contributed by atoms with E-state index in [1.807, 2.05) is 43.3 Å². The van der Waals surface area contributed by atoms with E-state index in [0.29, 0.717) is 5.56 Å². The van der Waals surface area contributed by atoms with Gasteiger partial charge in [-0.3, -0.25) is 25.2 Å². The molecule has 1 aliphatic rings. The lowest BCUT2D eigenvalue weighted by molar-refractivity contribution is -0.124. The number of hydrogen-bond acceptors (Lipinski definition) is 4. The number of hydrogen-bond donors (Lipinski definition) is 3. The first kappa shape index (κ1) is 17.0. The van der Waals surface area contributed by atoms with Crippen LogP contribution in [-0.2, 0) is 9.59 Å². The Morgan fingerprint density at radius 1 is 1.08 bits per heavy atom. The molecule has 0 radical (unpaired) electrons. The van der Waals surface area contributed by atoms with E-state index < -0.39 is 17.1 Å². The fraction of sp³-hybridized carbons (Fsp3) is 0.167. The highest BCUT2D eigenvalue weighted by Crippen LogP contribution is 2.36. The molecule has 1 heterocycles. The maximum absolute atomic E-state index is 12.1. The highest BCUT2D eigenvalue weighted by Gasteiger charge is 2.28. The van der Waals surface area contributed by atoms with Crippen LogP contribution >= 0.6 is 11.8 Å². The Morgan fingerprint density at radius 3 is 2.60 bits per heavy atom. The number of hydrazine groups is 1. The molecule has 2 aromatic rings. The van der Waals surface area contributed by atoms with Gasteiger partial charge in [-0.1, -0.05) is 30.3 Å². The van der Waals surface area contributed by atoms with Crippen molar-refractivity contribution in [3.05, 3.63) is 59.7 Å². The minimum atomic E-state index is -0.537. The third kappa shape index (κ3) is 4.00. The normalized spacial score (nSPS) is 15.7. The second-order valence-electron chi connectivity index (χ2n) is 5.61. The minimum Gasteiger partial charge on any atom is -0.324 e. The van der Waals surface area contributed by atoms with Crippen LogP contribution in [0.1, 0.15) is 22.3 Å². The molecule has 1 aliphatic heterocycles. The number of para-hydroxylation sites is 1. The number of benzene rings is 2. The van der Waals surface area contributed by atoms with Gasteiger partial charge < -0.3 is 5.32 Å². The fourth-order valence-electron chi connectivity index (χ4n) is 2.47.